The summed E-state index contributed by atoms with van der Waals surface area (Å²) in [7, 11) is 0. The Morgan fingerprint density at radius 2 is 1.95 bits per heavy atom. The van der Waals surface area contributed by atoms with Crippen molar-refractivity contribution in [3.63, 3.8) is 0 Å². The standard InChI is InChI=1S/C18H29NO/c1-4-6-7-11-15-13-16(18(19)20)12-8-10-14(3)17(15)9-5-2/h12-13H,4-11H2,1-3H3,(H2,19,20)/b15-13?,16-12+,17-14?. The van der Waals surface area contributed by atoms with Gasteiger partial charge in [0.25, 0.3) is 0 Å². The lowest BCUT2D eigenvalue weighted by atomic mass is 9.87. The number of hydrogen-bond acceptors (Lipinski definition) is 1. The van der Waals surface area contributed by atoms with E-state index in [1.54, 1.807) is 0 Å². The number of allylic oxidation sites excluding steroid dienone is 4. The van der Waals surface area contributed by atoms with Crippen molar-refractivity contribution in [2.45, 2.75) is 72.1 Å². The van der Waals surface area contributed by atoms with E-state index >= 15 is 0 Å². The van der Waals surface area contributed by atoms with Gasteiger partial charge in [-0.15, -0.1) is 0 Å². The average Bonchev–Trinajstić information content (AvgIpc) is 2.40. The van der Waals surface area contributed by atoms with Crippen LogP contribution in [-0.4, -0.2) is 5.91 Å². The van der Waals surface area contributed by atoms with Gasteiger partial charge in [0.15, 0.2) is 0 Å². The molecule has 2 N–H and O–H groups in total. The molecule has 0 aromatic heterocycles. The molecule has 20 heavy (non-hydrogen) atoms. The van der Waals surface area contributed by atoms with Crippen molar-refractivity contribution in [3.05, 3.63) is 34.4 Å². The number of nitrogens with two attached hydrogens (primary N) is 1. The van der Waals surface area contributed by atoms with E-state index in [1.165, 1.54) is 36.0 Å². The number of primary amides is 1. The zero-order valence-electron chi connectivity index (χ0n) is 13.3. The van der Waals surface area contributed by atoms with Crippen molar-refractivity contribution >= 4 is 5.91 Å². The van der Waals surface area contributed by atoms with Crippen LogP contribution in [0.25, 0.3) is 0 Å². The second-order valence-electron chi connectivity index (χ2n) is 5.70. The Hall–Kier alpha value is -1.31. The molecule has 0 radical (unpaired) electrons. The maximum absolute atomic E-state index is 11.5. The van der Waals surface area contributed by atoms with Gasteiger partial charge in [0, 0.05) is 5.57 Å². The topological polar surface area (TPSA) is 43.1 Å². The minimum atomic E-state index is -0.298. The third kappa shape index (κ3) is 4.99. The molecule has 0 aliphatic heterocycles. The Kier molecular flexibility index (Phi) is 7.35. The summed E-state index contributed by atoms with van der Waals surface area (Å²) in [4.78, 5) is 11.5. The molecule has 2 heteroatoms. The fraction of sp³-hybridized carbons (Fsp3) is 0.611. The SMILES string of the molecule is CCCCCC1=C/C(C(N)=O)=C\CCC(C)=C1CCC. The third-order valence-corrected chi connectivity index (χ3v) is 3.95. The highest BCUT2D eigenvalue weighted by Crippen LogP contribution is 2.30. The van der Waals surface area contributed by atoms with Crippen LogP contribution in [0, 0.1) is 0 Å². The number of rotatable bonds is 7. The average molecular weight is 275 g/mol. The number of amides is 1. The van der Waals surface area contributed by atoms with Crippen LogP contribution in [0.3, 0.4) is 0 Å². The lowest BCUT2D eigenvalue weighted by molar-refractivity contribution is -0.114. The van der Waals surface area contributed by atoms with E-state index in [0.717, 1.165) is 32.1 Å². The molecular formula is C18H29NO. The van der Waals surface area contributed by atoms with E-state index in [9.17, 15) is 4.79 Å². The quantitative estimate of drug-likeness (QED) is 0.665. The minimum absolute atomic E-state index is 0.298. The van der Waals surface area contributed by atoms with Crippen LogP contribution in [0.5, 0.6) is 0 Å². The molecule has 0 heterocycles. The van der Waals surface area contributed by atoms with Crippen molar-refractivity contribution < 1.29 is 4.79 Å². The first-order chi connectivity index (χ1) is 9.60. The number of unbranched alkanes of at least 4 members (excludes halogenated alkanes) is 2. The molecule has 0 unspecified atom stereocenters. The molecule has 1 aliphatic rings. The largest absolute Gasteiger partial charge is 0.366 e. The Morgan fingerprint density at radius 3 is 2.55 bits per heavy atom. The van der Waals surface area contributed by atoms with E-state index in [2.05, 4.69) is 20.8 Å². The van der Waals surface area contributed by atoms with Crippen molar-refractivity contribution in [1.82, 2.24) is 0 Å². The zero-order valence-corrected chi connectivity index (χ0v) is 13.3. The Bertz CT molecular complexity index is 427. The molecule has 0 saturated heterocycles. The van der Waals surface area contributed by atoms with Crippen LogP contribution in [0.4, 0.5) is 0 Å². The zero-order chi connectivity index (χ0) is 15.0. The molecule has 0 saturated carbocycles. The van der Waals surface area contributed by atoms with Gasteiger partial charge < -0.3 is 5.73 Å². The van der Waals surface area contributed by atoms with Crippen molar-refractivity contribution in [1.29, 1.82) is 0 Å². The molecule has 1 aliphatic carbocycles. The molecule has 0 atom stereocenters. The second kappa shape index (κ2) is 8.78. The molecule has 0 spiro atoms. The van der Waals surface area contributed by atoms with Gasteiger partial charge in [-0.05, 0) is 56.3 Å². The lowest BCUT2D eigenvalue weighted by Crippen LogP contribution is -2.14. The van der Waals surface area contributed by atoms with Crippen molar-refractivity contribution in [2.24, 2.45) is 5.73 Å². The van der Waals surface area contributed by atoms with Gasteiger partial charge in [0.2, 0.25) is 5.91 Å². The first-order valence-electron chi connectivity index (χ1n) is 7.99. The number of carbonyl (C=O) groups excluding carboxylic acids is 1. The molecule has 0 aromatic rings. The summed E-state index contributed by atoms with van der Waals surface area (Å²) in [5, 5.41) is 0. The number of carbonyl (C=O) groups is 1. The van der Waals surface area contributed by atoms with E-state index in [0.29, 0.717) is 5.57 Å². The highest BCUT2D eigenvalue weighted by Gasteiger charge is 2.13. The predicted octanol–water partition coefficient (Wildman–Crippen LogP) is 4.82. The van der Waals surface area contributed by atoms with E-state index in [-0.39, 0.29) is 5.91 Å². The summed E-state index contributed by atoms with van der Waals surface area (Å²) in [6.07, 6.45) is 13.0. The number of hydrogen-bond donors (Lipinski definition) is 1. The maximum Gasteiger partial charge on any atom is 0.248 e. The van der Waals surface area contributed by atoms with E-state index < -0.39 is 0 Å². The van der Waals surface area contributed by atoms with Crippen molar-refractivity contribution in [2.75, 3.05) is 0 Å². The van der Waals surface area contributed by atoms with E-state index in [4.69, 9.17) is 5.73 Å². The van der Waals surface area contributed by atoms with Crippen LogP contribution in [-0.2, 0) is 4.79 Å². The molecular weight excluding hydrogens is 246 g/mol. The van der Waals surface area contributed by atoms with Crippen LogP contribution < -0.4 is 5.73 Å². The van der Waals surface area contributed by atoms with Gasteiger partial charge in [-0.25, -0.2) is 0 Å². The van der Waals surface area contributed by atoms with Gasteiger partial charge >= 0.3 is 0 Å². The Labute approximate surface area is 123 Å². The fourth-order valence-electron chi connectivity index (χ4n) is 2.79. The van der Waals surface area contributed by atoms with Crippen LogP contribution >= 0.6 is 0 Å². The molecule has 0 aromatic carbocycles. The monoisotopic (exact) mass is 275 g/mol. The molecule has 112 valence electrons. The predicted molar refractivity (Wildman–Crippen MR) is 86.3 cm³/mol. The first kappa shape index (κ1) is 16.7. The summed E-state index contributed by atoms with van der Waals surface area (Å²) in [6, 6.07) is 0. The van der Waals surface area contributed by atoms with E-state index in [1.807, 2.05) is 12.2 Å². The van der Waals surface area contributed by atoms with Gasteiger partial charge in [0.1, 0.15) is 0 Å². The Balaban J connectivity index is 3.07. The second-order valence-corrected chi connectivity index (χ2v) is 5.70. The minimum Gasteiger partial charge on any atom is -0.366 e. The highest BCUT2D eigenvalue weighted by atomic mass is 16.1. The molecule has 1 rings (SSSR count). The summed E-state index contributed by atoms with van der Waals surface area (Å²) >= 11 is 0. The molecule has 1 amide bonds. The highest BCUT2D eigenvalue weighted by molar-refractivity contribution is 5.95. The smallest absolute Gasteiger partial charge is 0.248 e. The van der Waals surface area contributed by atoms with Crippen LogP contribution in [0.2, 0.25) is 0 Å². The van der Waals surface area contributed by atoms with Gasteiger partial charge in [0.05, 0.1) is 0 Å². The third-order valence-electron chi connectivity index (χ3n) is 3.95. The summed E-state index contributed by atoms with van der Waals surface area (Å²) < 4.78 is 0. The first-order valence-corrected chi connectivity index (χ1v) is 7.99. The van der Waals surface area contributed by atoms with Gasteiger partial charge in [-0.2, -0.15) is 0 Å². The van der Waals surface area contributed by atoms with Gasteiger partial charge in [-0.1, -0.05) is 44.8 Å². The summed E-state index contributed by atoms with van der Waals surface area (Å²) in [6.45, 7) is 6.67. The summed E-state index contributed by atoms with van der Waals surface area (Å²) in [5.41, 5.74) is 10.5. The van der Waals surface area contributed by atoms with Crippen LogP contribution in [0.1, 0.15) is 72.1 Å². The molecule has 0 bridgehead atoms. The maximum atomic E-state index is 11.5. The lowest BCUT2D eigenvalue weighted by Gasteiger charge is -2.18. The fourth-order valence-corrected chi connectivity index (χ4v) is 2.79. The summed E-state index contributed by atoms with van der Waals surface area (Å²) in [5.74, 6) is -0.298. The van der Waals surface area contributed by atoms with Gasteiger partial charge in [-0.3, -0.25) is 4.79 Å². The Morgan fingerprint density at radius 1 is 1.20 bits per heavy atom. The van der Waals surface area contributed by atoms with Crippen LogP contribution in [0.15, 0.2) is 34.4 Å². The van der Waals surface area contributed by atoms with Crippen molar-refractivity contribution in [3.8, 4) is 0 Å². The molecule has 0 fully saturated rings. The normalized spacial score (nSPS) is 18.9. The molecule has 2 nitrogen and oxygen atoms in total.